The number of esters is 2. The van der Waals surface area contributed by atoms with Crippen molar-refractivity contribution in [1.82, 2.24) is 0 Å². The minimum absolute atomic E-state index is 0.00429. The van der Waals surface area contributed by atoms with Crippen LogP contribution in [0.25, 0.3) is 21.5 Å². The van der Waals surface area contributed by atoms with Gasteiger partial charge in [-0.15, -0.1) is 0 Å². The maximum Gasteiger partial charge on any atom is 0.309 e. The molecule has 0 spiro atoms. The van der Waals surface area contributed by atoms with Crippen molar-refractivity contribution < 1.29 is 19.1 Å². The van der Waals surface area contributed by atoms with Crippen LogP contribution in [0.3, 0.4) is 0 Å². The molecule has 0 bridgehead atoms. The van der Waals surface area contributed by atoms with E-state index in [0.29, 0.717) is 6.42 Å². The number of hydrogen-bond acceptors (Lipinski definition) is 4. The van der Waals surface area contributed by atoms with Gasteiger partial charge < -0.3 is 9.47 Å². The summed E-state index contributed by atoms with van der Waals surface area (Å²) in [5.74, 6) is -1.38. The first kappa shape index (κ1) is 17.0. The largest absolute Gasteiger partial charge is 0.469 e. The summed E-state index contributed by atoms with van der Waals surface area (Å²) in [6, 6.07) is 18.4. The van der Waals surface area contributed by atoms with E-state index in [1.54, 1.807) is 0 Å². The van der Waals surface area contributed by atoms with Gasteiger partial charge in [0.05, 0.1) is 26.6 Å². The quantitative estimate of drug-likeness (QED) is 0.524. The van der Waals surface area contributed by atoms with Gasteiger partial charge in [-0.2, -0.15) is 0 Å². The second-order valence-corrected chi connectivity index (χ2v) is 6.01. The van der Waals surface area contributed by atoms with Crippen molar-refractivity contribution in [2.24, 2.45) is 5.92 Å². The first-order chi connectivity index (χ1) is 12.1. The molecule has 25 heavy (non-hydrogen) atoms. The number of fused-ring (bicyclic) bond motifs is 3. The summed E-state index contributed by atoms with van der Waals surface area (Å²) in [7, 11) is 2.66. The van der Waals surface area contributed by atoms with Gasteiger partial charge in [0.2, 0.25) is 0 Å². The average molecular weight is 336 g/mol. The standard InChI is InChI=1S/C21H20O4/c1-24-20(22)13-16(21(23)25-2)12-15-11-14-7-3-4-8-17(14)19-10-6-5-9-18(15)19/h3-11,16H,12-13H2,1-2H3. The Bertz CT molecular complexity index is 929. The molecule has 0 radical (unpaired) electrons. The van der Waals surface area contributed by atoms with Crippen LogP contribution >= 0.6 is 0 Å². The highest BCUT2D eigenvalue weighted by Crippen LogP contribution is 2.30. The van der Waals surface area contributed by atoms with Crippen molar-refractivity contribution in [2.75, 3.05) is 14.2 Å². The topological polar surface area (TPSA) is 52.6 Å². The summed E-state index contributed by atoms with van der Waals surface area (Å²) in [5, 5.41) is 4.50. The Labute approximate surface area is 146 Å². The lowest BCUT2D eigenvalue weighted by molar-refractivity contribution is -0.151. The van der Waals surface area contributed by atoms with Gasteiger partial charge in [0, 0.05) is 0 Å². The molecular formula is C21H20O4. The fourth-order valence-corrected chi connectivity index (χ4v) is 3.26. The second kappa shape index (κ2) is 7.34. The maximum absolute atomic E-state index is 12.1. The molecule has 3 aromatic carbocycles. The van der Waals surface area contributed by atoms with Crippen LogP contribution in [0.2, 0.25) is 0 Å². The Hall–Kier alpha value is -2.88. The van der Waals surface area contributed by atoms with Crippen LogP contribution in [0.4, 0.5) is 0 Å². The molecule has 0 aliphatic carbocycles. The molecule has 0 saturated heterocycles. The van der Waals surface area contributed by atoms with E-state index < -0.39 is 17.9 Å². The zero-order valence-corrected chi connectivity index (χ0v) is 14.3. The molecule has 4 nitrogen and oxygen atoms in total. The van der Waals surface area contributed by atoms with E-state index in [1.165, 1.54) is 19.6 Å². The number of methoxy groups -OCH3 is 2. The third kappa shape index (κ3) is 3.48. The van der Waals surface area contributed by atoms with Crippen molar-refractivity contribution in [1.29, 1.82) is 0 Å². The maximum atomic E-state index is 12.1. The van der Waals surface area contributed by atoms with Gasteiger partial charge >= 0.3 is 11.9 Å². The molecule has 0 saturated carbocycles. The smallest absolute Gasteiger partial charge is 0.309 e. The van der Waals surface area contributed by atoms with Crippen LogP contribution in [0, 0.1) is 5.92 Å². The molecule has 1 unspecified atom stereocenters. The summed E-state index contributed by atoms with van der Waals surface area (Å²) in [6.07, 6.45) is 0.428. The lowest BCUT2D eigenvalue weighted by atomic mass is 9.90. The van der Waals surface area contributed by atoms with Crippen LogP contribution in [0.5, 0.6) is 0 Å². The summed E-state index contributed by atoms with van der Waals surface area (Å²) in [4.78, 5) is 23.8. The fraction of sp³-hybridized carbons (Fsp3) is 0.238. The molecule has 0 N–H and O–H groups in total. The number of carbonyl (C=O) groups excluding carboxylic acids is 2. The Morgan fingerprint density at radius 3 is 2.20 bits per heavy atom. The number of ether oxygens (including phenoxy) is 2. The Morgan fingerprint density at radius 2 is 1.52 bits per heavy atom. The van der Waals surface area contributed by atoms with Crippen molar-refractivity contribution in [3.05, 3.63) is 60.2 Å². The molecule has 0 aromatic heterocycles. The van der Waals surface area contributed by atoms with Gasteiger partial charge in [0.15, 0.2) is 0 Å². The van der Waals surface area contributed by atoms with E-state index in [9.17, 15) is 9.59 Å². The number of benzene rings is 3. The molecule has 1 atom stereocenters. The van der Waals surface area contributed by atoms with E-state index in [4.69, 9.17) is 9.47 Å². The lowest BCUT2D eigenvalue weighted by Gasteiger charge is -2.16. The van der Waals surface area contributed by atoms with Crippen molar-refractivity contribution in [2.45, 2.75) is 12.8 Å². The molecule has 0 heterocycles. The summed E-state index contributed by atoms with van der Waals surface area (Å²) in [5.41, 5.74) is 1.02. The van der Waals surface area contributed by atoms with Gasteiger partial charge in [-0.05, 0) is 33.5 Å². The Balaban J connectivity index is 2.09. The zero-order valence-electron chi connectivity index (χ0n) is 14.3. The molecule has 0 aliphatic rings. The van der Waals surface area contributed by atoms with Crippen LogP contribution < -0.4 is 0 Å². The van der Waals surface area contributed by atoms with E-state index >= 15 is 0 Å². The highest BCUT2D eigenvalue weighted by molar-refractivity contribution is 6.09. The number of carbonyl (C=O) groups is 2. The predicted octanol–water partition coefficient (Wildman–Crippen LogP) is 3.89. The first-order valence-electron chi connectivity index (χ1n) is 8.18. The first-order valence-corrected chi connectivity index (χ1v) is 8.18. The molecule has 128 valence electrons. The van der Waals surface area contributed by atoms with E-state index in [0.717, 1.165) is 21.7 Å². The van der Waals surface area contributed by atoms with Gasteiger partial charge in [-0.1, -0.05) is 54.6 Å². The van der Waals surface area contributed by atoms with Gasteiger partial charge in [-0.25, -0.2) is 0 Å². The Kier molecular flexibility index (Phi) is 4.98. The van der Waals surface area contributed by atoms with Crippen LogP contribution in [-0.4, -0.2) is 26.2 Å². The molecule has 0 amide bonds. The van der Waals surface area contributed by atoms with Gasteiger partial charge in [0.1, 0.15) is 0 Å². The summed E-state index contributed by atoms with van der Waals surface area (Å²) >= 11 is 0. The molecule has 3 rings (SSSR count). The average Bonchev–Trinajstić information content (AvgIpc) is 2.66. The predicted molar refractivity (Wildman–Crippen MR) is 97.3 cm³/mol. The molecule has 0 aliphatic heterocycles. The van der Waals surface area contributed by atoms with E-state index in [1.807, 2.05) is 30.3 Å². The van der Waals surface area contributed by atoms with Crippen molar-refractivity contribution in [3.8, 4) is 0 Å². The third-order valence-corrected chi connectivity index (χ3v) is 4.50. The Morgan fingerprint density at radius 1 is 0.880 bits per heavy atom. The lowest BCUT2D eigenvalue weighted by Crippen LogP contribution is -2.22. The van der Waals surface area contributed by atoms with Crippen LogP contribution in [-0.2, 0) is 25.5 Å². The highest BCUT2D eigenvalue weighted by Gasteiger charge is 2.24. The van der Waals surface area contributed by atoms with E-state index in [-0.39, 0.29) is 6.42 Å². The normalized spacial score (nSPS) is 12.1. The highest BCUT2D eigenvalue weighted by atomic mass is 16.5. The summed E-state index contributed by atoms with van der Waals surface area (Å²) in [6.45, 7) is 0. The minimum Gasteiger partial charge on any atom is -0.469 e. The van der Waals surface area contributed by atoms with Crippen molar-refractivity contribution >= 4 is 33.5 Å². The number of hydrogen-bond donors (Lipinski definition) is 0. The molecule has 4 heteroatoms. The monoisotopic (exact) mass is 336 g/mol. The van der Waals surface area contributed by atoms with E-state index in [2.05, 4.69) is 24.3 Å². The molecule has 0 fully saturated rings. The molecule has 3 aromatic rings. The fourth-order valence-electron chi connectivity index (χ4n) is 3.26. The third-order valence-electron chi connectivity index (χ3n) is 4.50. The van der Waals surface area contributed by atoms with Gasteiger partial charge in [0.25, 0.3) is 0 Å². The molecular weight excluding hydrogens is 316 g/mol. The minimum atomic E-state index is -0.568. The van der Waals surface area contributed by atoms with Gasteiger partial charge in [-0.3, -0.25) is 9.59 Å². The van der Waals surface area contributed by atoms with Crippen molar-refractivity contribution in [3.63, 3.8) is 0 Å². The van der Waals surface area contributed by atoms with Crippen LogP contribution in [0.1, 0.15) is 12.0 Å². The zero-order chi connectivity index (χ0) is 17.8. The van der Waals surface area contributed by atoms with Crippen LogP contribution in [0.15, 0.2) is 54.6 Å². The summed E-state index contributed by atoms with van der Waals surface area (Å²) < 4.78 is 9.61. The SMILES string of the molecule is COC(=O)CC(Cc1cc2ccccc2c2ccccc12)C(=O)OC. The second-order valence-electron chi connectivity index (χ2n) is 6.01. The number of rotatable bonds is 5.